The van der Waals surface area contributed by atoms with Gasteiger partial charge in [0.1, 0.15) is 17.2 Å². The van der Waals surface area contributed by atoms with Gasteiger partial charge in [0.15, 0.2) is 0 Å². The quantitative estimate of drug-likeness (QED) is 0.463. The molecule has 25 heavy (non-hydrogen) atoms. The molecule has 3 N–H and O–H groups in total. The van der Waals surface area contributed by atoms with Crippen LogP contribution in [0.4, 0.5) is 8.78 Å². The third-order valence-electron chi connectivity index (χ3n) is 3.26. The molecular formula is C16H11ClF2N4OS. The molecule has 1 aromatic heterocycles. The fraction of sp³-hybridized carbons (Fsp3) is 0. The minimum Gasteiger partial charge on any atom is -0.285 e. The van der Waals surface area contributed by atoms with E-state index in [1.165, 1.54) is 18.5 Å². The first-order valence-electron chi connectivity index (χ1n) is 7.01. The molecule has 0 aliphatic heterocycles. The molecule has 0 aliphatic rings. The van der Waals surface area contributed by atoms with Crippen molar-refractivity contribution in [1.82, 2.24) is 20.5 Å². The number of rotatable bonds is 5. The van der Waals surface area contributed by atoms with E-state index in [1.807, 2.05) is 0 Å². The summed E-state index contributed by atoms with van der Waals surface area (Å²) in [5, 5.41) is 6.78. The summed E-state index contributed by atoms with van der Waals surface area (Å²) < 4.78 is 28.5. The van der Waals surface area contributed by atoms with E-state index in [4.69, 9.17) is 11.6 Å². The SMILES string of the molecule is O=C(NNSc1cccc(Cl)c1)c1c(F)ccc(-c2cn[nH]c2)c1F. The zero-order chi connectivity index (χ0) is 17.8. The molecule has 0 saturated heterocycles. The fourth-order valence-corrected chi connectivity index (χ4v) is 2.95. The lowest BCUT2D eigenvalue weighted by Gasteiger charge is -2.10. The first-order valence-corrected chi connectivity index (χ1v) is 8.20. The number of carbonyl (C=O) groups is 1. The number of H-pyrrole nitrogens is 1. The number of nitrogens with zero attached hydrogens (tertiary/aromatic N) is 1. The predicted octanol–water partition coefficient (Wildman–Crippen LogP) is 3.95. The second-order valence-electron chi connectivity index (χ2n) is 4.89. The Morgan fingerprint density at radius 1 is 1.24 bits per heavy atom. The Bertz CT molecular complexity index is 905. The number of aromatic amines is 1. The molecule has 2 aromatic carbocycles. The third kappa shape index (κ3) is 3.98. The average Bonchev–Trinajstić information content (AvgIpc) is 3.09. The summed E-state index contributed by atoms with van der Waals surface area (Å²) in [5.74, 6) is -2.86. The van der Waals surface area contributed by atoms with Gasteiger partial charge in [-0.2, -0.15) is 9.93 Å². The largest absolute Gasteiger partial charge is 0.285 e. The van der Waals surface area contributed by atoms with E-state index >= 15 is 0 Å². The third-order valence-corrected chi connectivity index (χ3v) is 4.19. The second kappa shape index (κ2) is 7.64. The molecule has 0 bridgehead atoms. The number of hydrogen-bond acceptors (Lipinski definition) is 4. The standard InChI is InChI=1S/C16H11ClF2N4OS/c17-10-2-1-3-11(6-10)25-23-22-16(24)14-13(18)5-4-12(15(14)19)9-7-20-21-8-9/h1-8,23H,(H,20,21)(H,22,24). The van der Waals surface area contributed by atoms with E-state index in [0.29, 0.717) is 10.6 Å². The monoisotopic (exact) mass is 380 g/mol. The number of nitrogens with one attached hydrogen (secondary N) is 3. The van der Waals surface area contributed by atoms with Gasteiger partial charge >= 0.3 is 0 Å². The molecule has 3 aromatic rings. The molecule has 1 heterocycles. The second-order valence-corrected chi connectivity index (χ2v) is 6.20. The number of carbonyl (C=O) groups excluding carboxylic acids is 1. The van der Waals surface area contributed by atoms with Crippen LogP contribution in [0.2, 0.25) is 5.02 Å². The van der Waals surface area contributed by atoms with E-state index in [2.05, 4.69) is 20.5 Å². The molecule has 5 nitrogen and oxygen atoms in total. The van der Waals surface area contributed by atoms with E-state index in [-0.39, 0.29) is 5.56 Å². The van der Waals surface area contributed by atoms with Crippen molar-refractivity contribution in [3.63, 3.8) is 0 Å². The molecule has 3 rings (SSSR count). The number of amides is 1. The van der Waals surface area contributed by atoms with E-state index in [1.54, 1.807) is 24.3 Å². The van der Waals surface area contributed by atoms with Crippen LogP contribution in [0.1, 0.15) is 10.4 Å². The molecule has 0 atom stereocenters. The van der Waals surface area contributed by atoms with Crippen molar-refractivity contribution in [2.24, 2.45) is 0 Å². The van der Waals surface area contributed by atoms with Gasteiger partial charge in [-0.05, 0) is 42.3 Å². The van der Waals surface area contributed by atoms with Crippen molar-refractivity contribution in [3.05, 3.63) is 71.0 Å². The van der Waals surface area contributed by atoms with Gasteiger partial charge in [-0.3, -0.25) is 15.3 Å². The van der Waals surface area contributed by atoms with E-state index < -0.39 is 23.1 Å². The van der Waals surface area contributed by atoms with Gasteiger partial charge in [0.25, 0.3) is 5.91 Å². The van der Waals surface area contributed by atoms with Crippen molar-refractivity contribution in [3.8, 4) is 11.1 Å². The highest BCUT2D eigenvalue weighted by Crippen LogP contribution is 2.26. The smallest absolute Gasteiger partial charge is 0.272 e. The van der Waals surface area contributed by atoms with Crippen molar-refractivity contribution >= 4 is 29.5 Å². The van der Waals surface area contributed by atoms with Gasteiger partial charge in [-0.1, -0.05) is 17.7 Å². The van der Waals surface area contributed by atoms with Crippen LogP contribution < -0.4 is 10.3 Å². The summed E-state index contributed by atoms with van der Waals surface area (Å²) in [7, 11) is 0. The van der Waals surface area contributed by atoms with E-state index in [0.717, 1.165) is 22.9 Å². The van der Waals surface area contributed by atoms with Crippen molar-refractivity contribution < 1.29 is 13.6 Å². The maximum absolute atomic E-state index is 14.6. The zero-order valence-electron chi connectivity index (χ0n) is 12.5. The lowest BCUT2D eigenvalue weighted by Crippen LogP contribution is -2.33. The molecule has 0 saturated carbocycles. The summed E-state index contributed by atoms with van der Waals surface area (Å²) in [6.07, 6.45) is 2.83. The van der Waals surface area contributed by atoms with Crippen LogP contribution in [0.5, 0.6) is 0 Å². The summed E-state index contributed by atoms with van der Waals surface area (Å²) >= 11 is 6.90. The van der Waals surface area contributed by atoms with Crippen LogP contribution in [0.15, 0.2) is 53.7 Å². The zero-order valence-corrected chi connectivity index (χ0v) is 14.1. The highest BCUT2D eigenvalue weighted by Gasteiger charge is 2.21. The number of hydrogen-bond donors (Lipinski definition) is 3. The van der Waals surface area contributed by atoms with Crippen LogP contribution in [0.3, 0.4) is 0 Å². The maximum Gasteiger partial charge on any atom is 0.272 e. The molecular weight excluding hydrogens is 370 g/mol. The summed E-state index contributed by atoms with van der Waals surface area (Å²) in [6, 6.07) is 9.16. The Morgan fingerprint density at radius 2 is 2.08 bits per heavy atom. The van der Waals surface area contributed by atoms with Gasteiger partial charge in [-0.25, -0.2) is 8.78 Å². The van der Waals surface area contributed by atoms with Crippen LogP contribution in [-0.2, 0) is 0 Å². The first kappa shape index (κ1) is 17.4. The van der Waals surface area contributed by atoms with Crippen LogP contribution in [-0.4, -0.2) is 16.1 Å². The Labute approximate surface area is 150 Å². The Hall–Kier alpha value is -2.42. The van der Waals surface area contributed by atoms with Gasteiger partial charge in [-0.15, -0.1) is 0 Å². The Balaban J connectivity index is 1.74. The molecule has 0 fully saturated rings. The lowest BCUT2D eigenvalue weighted by atomic mass is 10.0. The van der Waals surface area contributed by atoms with Gasteiger partial charge in [0.05, 0.1) is 6.20 Å². The number of halogens is 3. The molecule has 128 valence electrons. The highest BCUT2D eigenvalue weighted by atomic mass is 35.5. The lowest BCUT2D eigenvalue weighted by molar-refractivity contribution is 0.0938. The minimum atomic E-state index is -0.964. The molecule has 0 unspecified atom stereocenters. The predicted molar refractivity (Wildman–Crippen MR) is 91.9 cm³/mol. The van der Waals surface area contributed by atoms with E-state index in [9.17, 15) is 13.6 Å². The van der Waals surface area contributed by atoms with Gasteiger partial charge in [0.2, 0.25) is 0 Å². The maximum atomic E-state index is 14.6. The topological polar surface area (TPSA) is 69.8 Å². The Morgan fingerprint density at radius 3 is 2.80 bits per heavy atom. The number of benzene rings is 2. The fourth-order valence-electron chi connectivity index (χ4n) is 2.11. The minimum absolute atomic E-state index is 0.0720. The molecule has 0 aliphatic carbocycles. The van der Waals surface area contributed by atoms with Crippen LogP contribution >= 0.6 is 23.5 Å². The summed E-state index contributed by atoms with van der Waals surface area (Å²) in [4.78, 5) is 15.4. The first-order chi connectivity index (χ1) is 12.1. The highest BCUT2D eigenvalue weighted by molar-refractivity contribution is 7.97. The summed E-state index contributed by atoms with van der Waals surface area (Å²) in [6.45, 7) is 0. The van der Waals surface area contributed by atoms with Crippen molar-refractivity contribution in [2.45, 2.75) is 4.90 Å². The molecule has 1 amide bonds. The summed E-state index contributed by atoms with van der Waals surface area (Å²) in [5.41, 5.74) is 2.05. The van der Waals surface area contributed by atoms with Crippen LogP contribution in [0.25, 0.3) is 11.1 Å². The van der Waals surface area contributed by atoms with Crippen molar-refractivity contribution in [1.29, 1.82) is 0 Å². The molecule has 0 spiro atoms. The molecule has 9 heteroatoms. The normalized spacial score (nSPS) is 10.7. The number of hydrazine groups is 1. The Kier molecular flexibility index (Phi) is 5.32. The van der Waals surface area contributed by atoms with Gasteiger partial charge < -0.3 is 0 Å². The molecule has 0 radical (unpaired) electrons. The number of aromatic nitrogens is 2. The average molecular weight is 381 g/mol. The van der Waals surface area contributed by atoms with Crippen LogP contribution in [0, 0.1) is 11.6 Å². The van der Waals surface area contributed by atoms with Crippen molar-refractivity contribution in [2.75, 3.05) is 0 Å². The van der Waals surface area contributed by atoms with Gasteiger partial charge in [0, 0.05) is 27.2 Å².